The van der Waals surface area contributed by atoms with Crippen molar-refractivity contribution in [3.63, 3.8) is 0 Å². The zero-order valence-corrected chi connectivity index (χ0v) is 12.4. The highest BCUT2D eigenvalue weighted by Crippen LogP contribution is 2.19. The summed E-state index contributed by atoms with van der Waals surface area (Å²) in [6.45, 7) is 3.52. The van der Waals surface area contributed by atoms with Gasteiger partial charge in [-0.25, -0.2) is 4.79 Å². The Labute approximate surface area is 122 Å². The van der Waals surface area contributed by atoms with Crippen LogP contribution in [0.15, 0.2) is 23.2 Å². The van der Waals surface area contributed by atoms with Crippen LogP contribution in [0.2, 0.25) is 0 Å². The van der Waals surface area contributed by atoms with Crippen molar-refractivity contribution in [1.82, 2.24) is 9.98 Å². The lowest BCUT2D eigenvalue weighted by atomic mass is 10.1. The highest BCUT2D eigenvalue weighted by molar-refractivity contribution is 6.33. The number of nitrogen functional groups attached to an aromatic ring is 1. The fourth-order valence-electron chi connectivity index (χ4n) is 1.34. The molecule has 0 saturated carbocycles. The summed E-state index contributed by atoms with van der Waals surface area (Å²) in [6.07, 6.45) is 0.634. The normalized spacial score (nSPS) is 9.20. The lowest BCUT2D eigenvalue weighted by Crippen LogP contribution is -2.30. The molecular weight excluding hydrogens is 278 g/mol. The molecule has 0 atom stereocenters. The number of nitrogens with zero attached hydrogens (tertiary/aromatic N) is 1. The second kappa shape index (κ2) is 7.41. The van der Waals surface area contributed by atoms with Crippen LogP contribution in [-0.2, 0) is 0 Å². The average Bonchev–Trinajstić information content (AvgIpc) is 2.45. The number of anilines is 1. The number of allylic oxidation sites excluding steroid dienone is 1. The molecule has 1 rings (SSSR count). The third kappa shape index (κ3) is 4.48. The van der Waals surface area contributed by atoms with Crippen LogP contribution in [0.5, 0.6) is 5.75 Å². The molecule has 3 N–H and O–H groups in total. The van der Waals surface area contributed by atoms with Gasteiger partial charge in [-0.05, 0) is 24.6 Å². The van der Waals surface area contributed by atoms with Gasteiger partial charge < -0.3 is 10.5 Å². The Balaban J connectivity index is 3.00. The predicted molar refractivity (Wildman–Crippen MR) is 82.4 cm³/mol. The van der Waals surface area contributed by atoms with Gasteiger partial charge in [0.1, 0.15) is 10.8 Å². The number of rotatable bonds is 3. The smallest absolute Gasteiger partial charge is 0.359 e. The second-order valence-electron chi connectivity index (χ2n) is 3.97. The van der Waals surface area contributed by atoms with Crippen molar-refractivity contribution in [2.24, 2.45) is 0 Å². The van der Waals surface area contributed by atoms with Crippen LogP contribution in [0.25, 0.3) is 0 Å². The van der Waals surface area contributed by atoms with Gasteiger partial charge in [0.2, 0.25) is 5.87 Å². The zero-order valence-electron chi connectivity index (χ0n) is 11.7. The highest BCUT2D eigenvalue weighted by Gasteiger charge is 2.17. The van der Waals surface area contributed by atoms with Crippen LogP contribution in [0, 0.1) is 0 Å². The van der Waals surface area contributed by atoms with Gasteiger partial charge in [0.25, 0.3) is 0 Å². The van der Waals surface area contributed by atoms with E-state index in [9.17, 15) is 4.79 Å². The quantitative estimate of drug-likeness (QED) is 0.385. The van der Waals surface area contributed by atoms with E-state index >= 15 is 0 Å². The maximum atomic E-state index is 12.1. The molecule has 6 heteroatoms. The molecule has 1 aromatic carbocycles. The Morgan fingerprint density at radius 3 is 2.85 bits per heavy atom. The minimum absolute atomic E-state index is 0.324. The topological polar surface area (TPSA) is 78.5 Å². The van der Waals surface area contributed by atoms with E-state index in [-0.39, 0.29) is 5.91 Å². The van der Waals surface area contributed by atoms with Crippen LogP contribution in [-0.4, -0.2) is 24.7 Å². The molecule has 0 unspecified atom stereocenters. The van der Waals surface area contributed by atoms with Gasteiger partial charge in [0.05, 0.1) is 19.6 Å². The molecule has 1 aromatic rings. The second-order valence-corrected chi connectivity index (χ2v) is 4.43. The number of nitrogens with two attached hydrogens (primary N) is 1. The molecule has 0 heterocycles. The van der Waals surface area contributed by atoms with Gasteiger partial charge in [0.15, 0.2) is 0 Å². The SMILES string of the molecule is CCC(Cl)=C=[N+]=C(C)NC(=O)c1cc(OC)ccc1N. The summed E-state index contributed by atoms with van der Waals surface area (Å²) in [7, 11) is 1.52. The summed E-state index contributed by atoms with van der Waals surface area (Å²) in [6, 6.07) is 4.86. The minimum atomic E-state index is -0.364. The van der Waals surface area contributed by atoms with E-state index in [1.54, 1.807) is 25.1 Å². The van der Waals surface area contributed by atoms with Crippen molar-refractivity contribution in [1.29, 1.82) is 0 Å². The Hall–Kier alpha value is -2.19. The van der Waals surface area contributed by atoms with Crippen LogP contribution < -0.4 is 20.5 Å². The molecule has 1 amide bonds. The third-order valence-electron chi connectivity index (χ3n) is 2.45. The van der Waals surface area contributed by atoms with Crippen LogP contribution in [0.1, 0.15) is 30.6 Å². The Morgan fingerprint density at radius 1 is 1.55 bits per heavy atom. The van der Waals surface area contributed by atoms with E-state index in [1.807, 2.05) is 6.92 Å². The lowest BCUT2D eigenvalue weighted by Gasteiger charge is -2.04. The number of amidine groups is 1. The van der Waals surface area contributed by atoms with Gasteiger partial charge in [0, 0.05) is 5.69 Å². The minimum Gasteiger partial charge on any atom is -0.497 e. The fourth-order valence-corrected chi connectivity index (χ4v) is 1.38. The van der Waals surface area contributed by atoms with Gasteiger partial charge >= 0.3 is 11.7 Å². The summed E-state index contributed by atoms with van der Waals surface area (Å²) in [5.41, 5.74) is 6.45. The number of hydrogen-bond donors (Lipinski definition) is 2. The summed E-state index contributed by atoms with van der Waals surface area (Å²) in [4.78, 5) is 12.1. The molecule has 106 valence electrons. The van der Waals surface area contributed by atoms with Crippen molar-refractivity contribution in [3.05, 3.63) is 28.8 Å². The van der Waals surface area contributed by atoms with Crippen molar-refractivity contribution < 1.29 is 9.53 Å². The summed E-state index contributed by atoms with van der Waals surface area (Å²) in [5.74, 6) is 3.20. The molecule has 20 heavy (non-hydrogen) atoms. The molecule has 0 aliphatic carbocycles. The monoisotopic (exact) mass is 294 g/mol. The maximum absolute atomic E-state index is 12.1. The number of carbonyl (C=O) groups is 1. The standard InChI is InChI=1S/C14H16ClN3O2/c1-4-10(15)8-17-9(2)18-14(19)12-7-11(20-3)5-6-13(12)16/h5-7H,4H2,1-3H3,(H2,16,19)/p+1. The highest BCUT2D eigenvalue weighted by atomic mass is 35.5. The van der Waals surface area contributed by atoms with E-state index in [1.165, 1.54) is 7.11 Å². The largest absolute Gasteiger partial charge is 0.497 e. The first-order chi connectivity index (χ1) is 9.47. The van der Waals surface area contributed by atoms with E-state index < -0.39 is 0 Å². The number of hydrogen-bond acceptors (Lipinski definition) is 3. The van der Waals surface area contributed by atoms with Crippen LogP contribution >= 0.6 is 11.6 Å². The maximum Gasteiger partial charge on any atom is 0.359 e. The van der Waals surface area contributed by atoms with E-state index in [0.29, 0.717) is 34.3 Å². The zero-order chi connectivity index (χ0) is 15.1. The van der Waals surface area contributed by atoms with Crippen molar-refractivity contribution in [2.45, 2.75) is 20.3 Å². The van der Waals surface area contributed by atoms with Gasteiger partial charge in [-0.2, -0.15) is 9.98 Å². The van der Waals surface area contributed by atoms with Gasteiger partial charge in [-0.3, -0.25) is 0 Å². The first-order valence-electron chi connectivity index (χ1n) is 6.04. The van der Waals surface area contributed by atoms with E-state index in [2.05, 4.69) is 15.9 Å². The number of carbonyl (C=O) groups excluding carboxylic acids is 1. The molecule has 0 radical (unpaired) electrons. The van der Waals surface area contributed by atoms with Gasteiger partial charge in [-0.1, -0.05) is 18.5 Å². The lowest BCUT2D eigenvalue weighted by molar-refractivity contribution is 0.0977. The predicted octanol–water partition coefficient (Wildman–Crippen LogP) is 1.70. The molecule has 0 bridgehead atoms. The number of nitrogens with one attached hydrogen (secondary N) is 1. The third-order valence-corrected chi connectivity index (χ3v) is 2.81. The molecule has 0 aromatic heterocycles. The molecule has 0 fully saturated rings. The average molecular weight is 295 g/mol. The summed E-state index contributed by atoms with van der Waals surface area (Å²) in [5, 5.41) is 3.09. The van der Waals surface area contributed by atoms with E-state index in [0.717, 1.165) is 0 Å². The Kier molecular flexibility index (Phi) is 5.88. The number of amides is 1. The van der Waals surface area contributed by atoms with Crippen LogP contribution in [0.3, 0.4) is 0 Å². The van der Waals surface area contributed by atoms with Crippen molar-refractivity contribution in [3.8, 4) is 5.75 Å². The number of ether oxygens (including phenoxy) is 1. The summed E-state index contributed by atoms with van der Waals surface area (Å²) < 4.78 is 8.99. The number of halogens is 1. The van der Waals surface area contributed by atoms with Crippen molar-refractivity contribution in [2.75, 3.05) is 12.8 Å². The molecule has 0 aliphatic rings. The summed E-state index contributed by atoms with van der Waals surface area (Å²) >= 11 is 5.78. The fraction of sp³-hybridized carbons (Fsp3) is 0.286. The molecule has 0 spiro atoms. The number of methoxy groups -OCH3 is 1. The molecule has 0 aliphatic heterocycles. The van der Waals surface area contributed by atoms with Crippen molar-refractivity contribution >= 4 is 34.9 Å². The first kappa shape index (κ1) is 15.9. The Morgan fingerprint density at radius 2 is 2.25 bits per heavy atom. The van der Waals surface area contributed by atoms with Gasteiger partial charge in [-0.15, -0.1) is 0 Å². The van der Waals surface area contributed by atoms with E-state index in [4.69, 9.17) is 22.1 Å². The number of benzene rings is 1. The Bertz CT molecular complexity index is 613. The molecular formula is C14H17ClN3O2+. The molecule has 5 nitrogen and oxygen atoms in total. The van der Waals surface area contributed by atoms with Crippen LogP contribution in [0.4, 0.5) is 5.69 Å². The molecule has 0 saturated heterocycles. The first-order valence-corrected chi connectivity index (χ1v) is 6.42.